The molecule has 8 nitrogen and oxygen atoms in total. The van der Waals surface area contributed by atoms with Crippen LogP contribution in [0, 0.1) is 5.41 Å². The fourth-order valence-electron chi connectivity index (χ4n) is 1.85. The van der Waals surface area contributed by atoms with Crippen LogP contribution in [0.1, 0.15) is 26.3 Å². The van der Waals surface area contributed by atoms with Crippen molar-refractivity contribution in [2.24, 2.45) is 10.9 Å². The number of hydrogen-bond acceptors (Lipinski definition) is 7. The molecule has 0 aliphatic heterocycles. The van der Waals surface area contributed by atoms with Crippen LogP contribution in [-0.2, 0) is 11.3 Å². The summed E-state index contributed by atoms with van der Waals surface area (Å²) in [5.74, 6) is 5.21. The van der Waals surface area contributed by atoms with Crippen LogP contribution in [0.3, 0.4) is 0 Å². The number of amides is 1. The van der Waals surface area contributed by atoms with E-state index in [-0.39, 0.29) is 18.8 Å². The lowest BCUT2D eigenvalue weighted by Crippen LogP contribution is -2.40. The van der Waals surface area contributed by atoms with Crippen LogP contribution in [0.2, 0.25) is 0 Å². The Kier molecular flexibility index (Phi) is 6.93. The zero-order valence-electron chi connectivity index (χ0n) is 14.1. The summed E-state index contributed by atoms with van der Waals surface area (Å²) in [4.78, 5) is 13.7. The highest BCUT2D eigenvalue weighted by Crippen LogP contribution is 2.12. The Morgan fingerprint density at radius 1 is 1.38 bits per heavy atom. The van der Waals surface area contributed by atoms with Gasteiger partial charge in [-0.3, -0.25) is 4.90 Å². The predicted molar refractivity (Wildman–Crippen MR) is 93.3 cm³/mol. The first-order valence-corrected chi connectivity index (χ1v) is 7.36. The summed E-state index contributed by atoms with van der Waals surface area (Å²) in [5, 5.41) is 28.9. The van der Waals surface area contributed by atoms with Crippen molar-refractivity contribution in [3.05, 3.63) is 29.8 Å². The summed E-state index contributed by atoms with van der Waals surface area (Å²) in [6, 6.07) is 6.47. The number of carbonyl (C=O) groups excluding carboxylic acids is 1. The number of benzene rings is 1. The molecule has 0 spiro atoms. The molecule has 1 rings (SSSR count). The van der Waals surface area contributed by atoms with Crippen LogP contribution in [0.4, 0.5) is 4.79 Å². The fourth-order valence-corrected chi connectivity index (χ4v) is 1.85. The normalized spacial score (nSPS) is 11.8. The standard InChI is InChI=1S/C15H23BN4O4/c1-15(2,3)24-14(21)20(10-13(8-17)19-18)9-11-4-6-12(7-5-11)16(22)23/h4-8,17,22-23H,9-10,18H2,1-3H3/b17-8?,19-13+. The van der Waals surface area contributed by atoms with Crippen LogP contribution < -0.4 is 11.3 Å². The van der Waals surface area contributed by atoms with Crippen molar-refractivity contribution in [1.82, 2.24) is 4.90 Å². The van der Waals surface area contributed by atoms with Gasteiger partial charge in [0, 0.05) is 12.8 Å². The molecule has 0 unspecified atom stereocenters. The van der Waals surface area contributed by atoms with Crippen LogP contribution >= 0.6 is 0 Å². The van der Waals surface area contributed by atoms with Crippen molar-refractivity contribution < 1.29 is 19.6 Å². The average Bonchev–Trinajstić information content (AvgIpc) is 2.50. The van der Waals surface area contributed by atoms with Crippen molar-refractivity contribution in [3.8, 4) is 0 Å². The van der Waals surface area contributed by atoms with Gasteiger partial charge in [-0.2, -0.15) is 5.10 Å². The Balaban J connectivity index is 2.95. The van der Waals surface area contributed by atoms with E-state index in [1.165, 1.54) is 4.90 Å². The van der Waals surface area contributed by atoms with Gasteiger partial charge in [0.15, 0.2) is 0 Å². The number of nitrogens with one attached hydrogen (secondary N) is 1. The van der Waals surface area contributed by atoms with Gasteiger partial charge >= 0.3 is 13.2 Å². The summed E-state index contributed by atoms with van der Waals surface area (Å²) >= 11 is 0. The molecule has 0 aromatic heterocycles. The molecular weight excluding hydrogens is 311 g/mol. The van der Waals surface area contributed by atoms with E-state index in [4.69, 9.17) is 26.0 Å². The quantitative estimate of drug-likeness (QED) is 0.253. The van der Waals surface area contributed by atoms with Gasteiger partial charge in [-0.15, -0.1) is 0 Å². The topological polar surface area (TPSA) is 132 Å². The number of rotatable bonds is 6. The second-order valence-electron chi connectivity index (χ2n) is 6.22. The van der Waals surface area contributed by atoms with Gasteiger partial charge in [-0.1, -0.05) is 24.3 Å². The smallest absolute Gasteiger partial charge is 0.444 e. The Morgan fingerprint density at radius 3 is 2.38 bits per heavy atom. The average molecular weight is 334 g/mol. The molecule has 1 aromatic rings. The largest absolute Gasteiger partial charge is 0.488 e. The number of ether oxygens (including phenoxy) is 1. The molecule has 24 heavy (non-hydrogen) atoms. The lowest BCUT2D eigenvalue weighted by molar-refractivity contribution is 0.0265. The van der Waals surface area contributed by atoms with E-state index < -0.39 is 18.8 Å². The zero-order chi connectivity index (χ0) is 18.3. The Hall–Kier alpha value is -2.39. The highest BCUT2D eigenvalue weighted by Gasteiger charge is 2.23. The molecule has 0 radical (unpaired) electrons. The number of hydrazone groups is 1. The predicted octanol–water partition coefficient (Wildman–Crippen LogP) is 0.0678. The van der Waals surface area contributed by atoms with Crippen molar-refractivity contribution >= 4 is 30.6 Å². The van der Waals surface area contributed by atoms with Crippen molar-refractivity contribution in [3.63, 3.8) is 0 Å². The summed E-state index contributed by atoms with van der Waals surface area (Å²) in [6.45, 7) is 5.50. The van der Waals surface area contributed by atoms with E-state index in [0.717, 1.165) is 11.8 Å². The molecule has 1 aromatic carbocycles. The molecule has 0 saturated carbocycles. The zero-order valence-corrected chi connectivity index (χ0v) is 14.1. The first-order valence-electron chi connectivity index (χ1n) is 7.36. The van der Waals surface area contributed by atoms with Gasteiger partial charge in [-0.05, 0) is 31.8 Å². The minimum Gasteiger partial charge on any atom is -0.444 e. The van der Waals surface area contributed by atoms with E-state index in [9.17, 15) is 4.79 Å². The van der Waals surface area contributed by atoms with Crippen molar-refractivity contribution in [1.29, 1.82) is 5.41 Å². The molecule has 0 heterocycles. The second kappa shape index (κ2) is 8.46. The molecular formula is C15H23BN4O4. The first-order chi connectivity index (χ1) is 11.2. The maximum Gasteiger partial charge on any atom is 0.488 e. The molecule has 0 atom stereocenters. The van der Waals surface area contributed by atoms with Crippen LogP contribution in [-0.4, -0.2) is 52.2 Å². The van der Waals surface area contributed by atoms with Gasteiger partial charge < -0.3 is 26.0 Å². The molecule has 9 heteroatoms. The molecule has 5 N–H and O–H groups in total. The molecule has 1 amide bonds. The maximum atomic E-state index is 12.4. The molecule has 0 saturated heterocycles. The van der Waals surface area contributed by atoms with Crippen LogP contribution in [0.25, 0.3) is 0 Å². The molecule has 0 bridgehead atoms. The van der Waals surface area contributed by atoms with Gasteiger partial charge in [0.05, 0.1) is 12.3 Å². The highest BCUT2D eigenvalue weighted by molar-refractivity contribution is 6.58. The van der Waals surface area contributed by atoms with Gasteiger partial charge in [0.2, 0.25) is 0 Å². The number of nitrogens with zero attached hydrogens (tertiary/aromatic N) is 2. The number of nitrogens with two attached hydrogens (primary N) is 1. The maximum absolute atomic E-state index is 12.4. The number of carbonyl (C=O) groups is 1. The third-order valence-electron chi connectivity index (χ3n) is 2.99. The van der Waals surface area contributed by atoms with E-state index in [0.29, 0.717) is 5.46 Å². The monoisotopic (exact) mass is 334 g/mol. The summed E-state index contributed by atoms with van der Waals surface area (Å²) in [5.41, 5.74) is 0.673. The molecule has 130 valence electrons. The molecule has 0 fully saturated rings. The molecule has 0 aliphatic rings. The first kappa shape index (κ1) is 19.7. The van der Waals surface area contributed by atoms with Crippen LogP contribution in [0.5, 0.6) is 0 Å². The third kappa shape index (κ3) is 6.39. The minimum atomic E-state index is -1.55. The highest BCUT2D eigenvalue weighted by atomic mass is 16.6. The van der Waals surface area contributed by atoms with Crippen LogP contribution in [0.15, 0.2) is 29.4 Å². The summed E-state index contributed by atoms with van der Waals surface area (Å²) in [7, 11) is -1.55. The van der Waals surface area contributed by atoms with Gasteiger partial charge in [0.1, 0.15) is 5.60 Å². The minimum absolute atomic E-state index is 0.0271. The Bertz CT molecular complexity index is 596. The van der Waals surface area contributed by atoms with E-state index in [2.05, 4.69) is 5.10 Å². The number of hydrogen-bond donors (Lipinski definition) is 4. The van der Waals surface area contributed by atoms with E-state index in [1.54, 1.807) is 45.0 Å². The Morgan fingerprint density at radius 2 is 1.96 bits per heavy atom. The lowest BCUT2D eigenvalue weighted by atomic mass is 9.80. The second-order valence-corrected chi connectivity index (χ2v) is 6.22. The summed E-state index contributed by atoms with van der Waals surface area (Å²) < 4.78 is 5.36. The fraction of sp³-hybridized carbons (Fsp3) is 0.400. The van der Waals surface area contributed by atoms with Crippen molar-refractivity contribution in [2.75, 3.05) is 6.54 Å². The van der Waals surface area contributed by atoms with Gasteiger partial charge in [0.25, 0.3) is 0 Å². The molecule has 0 aliphatic carbocycles. The van der Waals surface area contributed by atoms with E-state index in [1.807, 2.05) is 0 Å². The third-order valence-corrected chi connectivity index (χ3v) is 2.99. The van der Waals surface area contributed by atoms with Crippen molar-refractivity contribution in [2.45, 2.75) is 32.9 Å². The Labute approximate surface area is 141 Å². The summed E-state index contributed by atoms with van der Waals surface area (Å²) in [6.07, 6.45) is 0.416. The SMILES string of the molecule is CC(C)(C)OC(=O)N(C/C(C=N)=N/N)Cc1ccc(B(O)O)cc1. The van der Waals surface area contributed by atoms with E-state index >= 15 is 0 Å². The van der Waals surface area contributed by atoms with Gasteiger partial charge in [-0.25, -0.2) is 4.79 Å². The lowest BCUT2D eigenvalue weighted by Gasteiger charge is -2.27.